The van der Waals surface area contributed by atoms with Gasteiger partial charge in [-0.2, -0.15) is 0 Å². The Morgan fingerprint density at radius 3 is 1.33 bits per heavy atom. The second kappa shape index (κ2) is 8.63. The topological polar surface area (TPSA) is 44.8 Å². The monoisotopic (exact) mass is 384 g/mol. The number of phosphoric acid groups is 1. The van der Waals surface area contributed by atoms with Crippen LogP contribution in [0.25, 0.3) is 0 Å². The SMILES string of the molecule is CCOP(=O)(OCC)OCC.[Hg]. The first kappa shape index (κ1) is 15.5. The summed E-state index contributed by atoms with van der Waals surface area (Å²) < 4.78 is 25.8. The molecule has 12 heavy (non-hydrogen) atoms. The zero-order chi connectivity index (χ0) is 8.74. The third-order valence-corrected chi connectivity index (χ3v) is 2.58. The molecule has 0 spiro atoms. The van der Waals surface area contributed by atoms with Crippen molar-refractivity contribution in [2.75, 3.05) is 19.8 Å². The Bertz CT molecular complexity index is 118. The molecule has 0 saturated carbocycles. The van der Waals surface area contributed by atoms with E-state index in [-0.39, 0.29) is 27.7 Å². The summed E-state index contributed by atoms with van der Waals surface area (Å²) in [7, 11) is -3.22. The van der Waals surface area contributed by atoms with Crippen LogP contribution in [0.3, 0.4) is 0 Å². The van der Waals surface area contributed by atoms with Crippen molar-refractivity contribution in [1.82, 2.24) is 0 Å². The molecule has 0 bridgehead atoms. The molecule has 0 aromatic rings. The maximum atomic E-state index is 11.3. The van der Waals surface area contributed by atoms with Gasteiger partial charge in [0, 0.05) is 27.7 Å². The molecule has 0 unspecified atom stereocenters. The zero-order valence-corrected chi connectivity index (χ0v) is 14.3. The van der Waals surface area contributed by atoms with Crippen LogP contribution in [0.1, 0.15) is 20.8 Å². The minimum absolute atomic E-state index is 0. The first-order chi connectivity index (χ1) is 5.18. The standard InChI is InChI=1S/C6H15O4P.Hg/c1-4-8-11(7,9-5-2)10-6-3;/h4-6H2,1-3H3;. The fraction of sp³-hybridized carbons (Fsp3) is 1.00. The van der Waals surface area contributed by atoms with Crippen molar-refractivity contribution in [2.24, 2.45) is 0 Å². The molecule has 4 nitrogen and oxygen atoms in total. The molecule has 70 valence electrons. The summed E-state index contributed by atoms with van der Waals surface area (Å²) in [6.07, 6.45) is 0. The van der Waals surface area contributed by atoms with E-state index < -0.39 is 7.82 Å². The third-order valence-electron chi connectivity index (χ3n) is 0.862. The van der Waals surface area contributed by atoms with Crippen molar-refractivity contribution >= 4 is 7.82 Å². The van der Waals surface area contributed by atoms with Crippen LogP contribution in [0.4, 0.5) is 0 Å². The van der Waals surface area contributed by atoms with E-state index in [1.165, 1.54) is 0 Å². The summed E-state index contributed by atoms with van der Waals surface area (Å²) >= 11 is 0. The van der Waals surface area contributed by atoms with Gasteiger partial charge in [0.15, 0.2) is 0 Å². The van der Waals surface area contributed by atoms with Gasteiger partial charge >= 0.3 is 7.82 Å². The van der Waals surface area contributed by atoms with Crippen LogP contribution < -0.4 is 0 Å². The quantitative estimate of drug-likeness (QED) is 0.522. The first-order valence-electron chi connectivity index (χ1n) is 3.72. The minimum Gasteiger partial charge on any atom is -0.287 e. The molecule has 0 rings (SSSR count). The summed E-state index contributed by atoms with van der Waals surface area (Å²) in [4.78, 5) is 0. The number of hydrogen-bond donors (Lipinski definition) is 0. The van der Waals surface area contributed by atoms with Gasteiger partial charge in [0.2, 0.25) is 0 Å². The predicted molar refractivity (Wildman–Crippen MR) is 42.5 cm³/mol. The van der Waals surface area contributed by atoms with Crippen molar-refractivity contribution in [3.05, 3.63) is 0 Å². The van der Waals surface area contributed by atoms with Crippen LogP contribution in [0.2, 0.25) is 0 Å². The molecule has 0 saturated heterocycles. The van der Waals surface area contributed by atoms with Crippen molar-refractivity contribution < 1.29 is 45.8 Å². The Morgan fingerprint density at radius 1 is 0.917 bits per heavy atom. The molecule has 0 N–H and O–H groups in total. The van der Waals surface area contributed by atoms with Gasteiger partial charge in [-0.05, 0) is 20.8 Å². The second-order valence-electron chi connectivity index (χ2n) is 1.70. The van der Waals surface area contributed by atoms with Crippen LogP contribution >= 0.6 is 7.82 Å². The van der Waals surface area contributed by atoms with Crippen molar-refractivity contribution in [3.8, 4) is 0 Å². The van der Waals surface area contributed by atoms with Crippen LogP contribution in [0, 0.1) is 0 Å². The van der Waals surface area contributed by atoms with E-state index in [1.54, 1.807) is 20.8 Å². The van der Waals surface area contributed by atoms with Crippen molar-refractivity contribution in [1.29, 1.82) is 0 Å². The van der Waals surface area contributed by atoms with Gasteiger partial charge in [-0.25, -0.2) is 4.57 Å². The van der Waals surface area contributed by atoms with Gasteiger partial charge in [0.25, 0.3) is 0 Å². The fourth-order valence-electron chi connectivity index (χ4n) is 0.586. The molecule has 0 fully saturated rings. The van der Waals surface area contributed by atoms with Crippen molar-refractivity contribution in [2.45, 2.75) is 20.8 Å². The van der Waals surface area contributed by atoms with E-state index in [0.717, 1.165) is 0 Å². The van der Waals surface area contributed by atoms with Crippen LogP contribution in [-0.4, -0.2) is 19.8 Å². The van der Waals surface area contributed by atoms with Gasteiger partial charge in [-0.3, -0.25) is 13.6 Å². The van der Waals surface area contributed by atoms with E-state index in [4.69, 9.17) is 13.6 Å². The molecule has 0 aliphatic carbocycles. The van der Waals surface area contributed by atoms with Crippen LogP contribution in [0.5, 0.6) is 0 Å². The second-order valence-corrected chi connectivity index (χ2v) is 3.37. The molecule has 0 radical (unpaired) electrons. The number of phosphoric ester groups is 1. The summed E-state index contributed by atoms with van der Waals surface area (Å²) in [6.45, 7) is 6.21. The Kier molecular flexibility index (Phi) is 11.2. The first-order valence-corrected chi connectivity index (χ1v) is 5.18. The van der Waals surface area contributed by atoms with Crippen LogP contribution in [0.15, 0.2) is 0 Å². The van der Waals surface area contributed by atoms with E-state index in [2.05, 4.69) is 0 Å². The largest absolute Gasteiger partial charge is 0.474 e. The Morgan fingerprint density at radius 2 is 1.17 bits per heavy atom. The third kappa shape index (κ3) is 6.55. The predicted octanol–water partition coefficient (Wildman–Crippen LogP) is 2.20. The van der Waals surface area contributed by atoms with Crippen molar-refractivity contribution in [3.63, 3.8) is 0 Å². The fourth-order valence-corrected chi connectivity index (χ4v) is 1.76. The van der Waals surface area contributed by atoms with Gasteiger partial charge in [-0.1, -0.05) is 0 Å². The molecule has 0 aliphatic heterocycles. The molecule has 0 amide bonds. The van der Waals surface area contributed by atoms with Gasteiger partial charge in [0.05, 0.1) is 19.8 Å². The van der Waals surface area contributed by atoms with E-state index >= 15 is 0 Å². The number of rotatable bonds is 6. The van der Waals surface area contributed by atoms with Gasteiger partial charge in [0.1, 0.15) is 0 Å². The maximum Gasteiger partial charge on any atom is 0.474 e. The molecular formula is C6H15HgO4P. The molecule has 0 aromatic heterocycles. The molecule has 6 heteroatoms. The Balaban J connectivity index is 0. The van der Waals surface area contributed by atoms with E-state index in [0.29, 0.717) is 19.8 Å². The van der Waals surface area contributed by atoms with E-state index in [1.807, 2.05) is 0 Å². The average Bonchev–Trinajstić information content (AvgIpc) is 1.88. The summed E-state index contributed by atoms with van der Waals surface area (Å²) in [5.41, 5.74) is 0. The average molecular weight is 383 g/mol. The normalized spacial score (nSPS) is 10.9. The smallest absolute Gasteiger partial charge is 0.287 e. The summed E-state index contributed by atoms with van der Waals surface area (Å²) in [5.74, 6) is 0. The molecule has 0 atom stereocenters. The molecule has 0 aromatic carbocycles. The molecule has 0 aliphatic rings. The number of hydrogen-bond acceptors (Lipinski definition) is 4. The summed E-state index contributed by atoms with van der Waals surface area (Å²) in [6, 6.07) is 0. The maximum absolute atomic E-state index is 11.3. The molecule has 0 heterocycles. The van der Waals surface area contributed by atoms with E-state index in [9.17, 15) is 4.57 Å². The van der Waals surface area contributed by atoms with Crippen LogP contribution in [-0.2, 0) is 45.8 Å². The Labute approximate surface area is 94.1 Å². The summed E-state index contributed by atoms with van der Waals surface area (Å²) in [5, 5.41) is 0. The Hall–Kier alpha value is 1.05. The van der Waals surface area contributed by atoms with Gasteiger partial charge < -0.3 is 0 Å². The molecular weight excluding hydrogens is 368 g/mol. The zero-order valence-electron chi connectivity index (χ0n) is 7.91. The minimum atomic E-state index is -3.22. The van der Waals surface area contributed by atoms with Gasteiger partial charge in [-0.15, -0.1) is 0 Å².